The maximum atomic E-state index is 9.85. The molecule has 0 amide bonds. The maximum absolute atomic E-state index is 9.85. The first-order valence-electron chi connectivity index (χ1n) is 6.36. The van der Waals surface area contributed by atoms with E-state index >= 15 is 0 Å². The Labute approximate surface area is 124 Å². The van der Waals surface area contributed by atoms with Gasteiger partial charge in [0.15, 0.2) is 0 Å². The van der Waals surface area contributed by atoms with Crippen LogP contribution in [0.2, 0.25) is 10.4 Å². The molecule has 0 saturated carbocycles. The first-order valence-corrected chi connectivity index (χ1v) is 7.11. The van der Waals surface area contributed by atoms with Gasteiger partial charge in [-0.15, -0.1) is 0 Å². The molecule has 0 radical (unpaired) electrons. The second kappa shape index (κ2) is 6.84. The highest BCUT2D eigenvalue weighted by atomic mass is 35.5. The molecular formula is C13H21Cl2N3O. The zero-order valence-corrected chi connectivity index (χ0v) is 13.4. The summed E-state index contributed by atoms with van der Waals surface area (Å²) in [5.74, 6) is 0. The van der Waals surface area contributed by atoms with Gasteiger partial charge in [-0.1, -0.05) is 18.5 Å². The topological polar surface area (TPSA) is 49.2 Å². The molecular weight excluding hydrogens is 285 g/mol. The third-order valence-electron chi connectivity index (χ3n) is 2.87. The van der Waals surface area contributed by atoms with Gasteiger partial charge in [0.25, 0.3) is 0 Å². The van der Waals surface area contributed by atoms with E-state index in [0.29, 0.717) is 11.7 Å². The number of likely N-dealkylation sites (N-methyl/N-ethyl adjacent to an activating group) is 1. The van der Waals surface area contributed by atoms with Crippen molar-refractivity contribution < 1.29 is 5.11 Å². The van der Waals surface area contributed by atoms with E-state index < -0.39 is 5.60 Å². The molecule has 108 valence electrons. The second-order valence-corrected chi connectivity index (χ2v) is 5.97. The standard InChI is InChI=1S/C13H21Cl2N3O/c1-5-18(8-13(3,4)19)7-6-10-9(2)16-12(15)17-11(10)14/h19H,5-8H2,1-4H3. The summed E-state index contributed by atoms with van der Waals surface area (Å²) in [5.41, 5.74) is 1.02. The summed E-state index contributed by atoms with van der Waals surface area (Å²) in [6.45, 7) is 9.84. The van der Waals surface area contributed by atoms with E-state index in [4.69, 9.17) is 23.2 Å². The average Bonchev–Trinajstić information content (AvgIpc) is 2.24. The average molecular weight is 306 g/mol. The lowest BCUT2D eigenvalue weighted by Gasteiger charge is -2.28. The van der Waals surface area contributed by atoms with Crippen molar-refractivity contribution >= 4 is 23.2 Å². The van der Waals surface area contributed by atoms with Crippen LogP contribution in [0, 0.1) is 6.92 Å². The highest BCUT2D eigenvalue weighted by Crippen LogP contribution is 2.19. The first kappa shape index (κ1) is 16.6. The Morgan fingerprint density at radius 2 is 1.89 bits per heavy atom. The van der Waals surface area contributed by atoms with E-state index in [1.807, 2.05) is 6.92 Å². The Balaban J connectivity index is 2.70. The molecule has 1 aromatic rings. The highest BCUT2D eigenvalue weighted by molar-refractivity contribution is 6.32. The molecule has 0 aromatic carbocycles. The molecule has 0 unspecified atom stereocenters. The molecule has 0 bridgehead atoms. The molecule has 0 aliphatic rings. The summed E-state index contributed by atoms with van der Waals surface area (Å²) in [5, 5.41) is 10.4. The molecule has 0 aliphatic heterocycles. The second-order valence-electron chi connectivity index (χ2n) is 5.28. The van der Waals surface area contributed by atoms with Crippen molar-refractivity contribution in [2.45, 2.75) is 39.7 Å². The third-order valence-corrected chi connectivity index (χ3v) is 3.35. The Kier molecular flexibility index (Phi) is 5.99. The van der Waals surface area contributed by atoms with Crippen molar-refractivity contribution in [2.75, 3.05) is 19.6 Å². The monoisotopic (exact) mass is 305 g/mol. The lowest BCUT2D eigenvalue weighted by Crippen LogP contribution is -2.39. The van der Waals surface area contributed by atoms with Crippen LogP contribution in [0.1, 0.15) is 32.0 Å². The number of halogens is 2. The molecule has 19 heavy (non-hydrogen) atoms. The van der Waals surface area contributed by atoms with Gasteiger partial charge in [0.2, 0.25) is 5.28 Å². The zero-order chi connectivity index (χ0) is 14.6. The maximum Gasteiger partial charge on any atom is 0.224 e. The fraction of sp³-hybridized carbons (Fsp3) is 0.692. The van der Waals surface area contributed by atoms with Crippen LogP contribution in [0.25, 0.3) is 0 Å². The quantitative estimate of drug-likeness (QED) is 0.648. The molecule has 0 aliphatic carbocycles. The first-order chi connectivity index (χ1) is 8.73. The molecule has 1 N–H and O–H groups in total. The van der Waals surface area contributed by atoms with E-state index in [1.54, 1.807) is 13.8 Å². The summed E-state index contributed by atoms with van der Waals surface area (Å²) in [7, 11) is 0. The van der Waals surface area contributed by atoms with Crippen molar-refractivity contribution in [1.82, 2.24) is 14.9 Å². The van der Waals surface area contributed by atoms with E-state index in [9.17, 15) is 5.11 Å². The lowest BCUT2D eigenvalue weighted by molar-refractivity contribution is 0.0382. The van der Waals surface area contributed by atoms with Crippen molar-refractivity contribution in [1.29, 1.82) is 0 Å². The largest absolute Gasteiger partial charge is 0.389 e. The molecule has 0 saturated heterocycles. The van der Waals surface area contributed by atoms with Crippen molar-refractivity contribution in [2.24, 2.45) is 0 Å². The number of hydrogen-bond donors (Lipinski definition) is 1. The minimum absolute atomic E-state index is 0.176. The van der Waals surface area contributed by atoms with Gasteiger partial charge < -0.3 is 10.0 Å². The SMILES string of the molecule is CCN(CCc1c(C)nc(Cl)nc1Cl)CC(C)(C)O. The van der Waals surface area contributed by atoms with Crippen molar-refractivity contribution in [3.8, 4) is 0 Å². The van der Waals surface area contributed by atoms with Crippen molar-refractivity contribution in [3.63, 3.8) is 0 Å². The summed E-state index contributed by atoms with van der Waals surface area (Å²) < 4.78 is 0. The predicted octanol–water partition coefficient (Wildman–Crippen LogP) is 2.73. The normalized spacial score (nSPS) is 12.2. The van der Waals surface area contributed by atoms with Gasteiger partial charge in [-0.25, -0.2) is 9.97 Å². The molecule has 4 nitrogen and oxygen atoms in total. The van der Waals surface area contributed by atoms with Crippen LogP contribution in [-0.2, 0) is 6.42 Å². The van der Waals surface area contributed by atoms with Gasteiger partial charge in [0.1, 0.15) is 5.15 Å². The Bertz CT molecular complexity index is 409. The number of aromatic nitrogens is 2. The van der Waals surface area contributed by atoms with Crippen LogP contribution >= 0.6 is 23.2 Å². The minimum Gasteiger partial charge on any atom is -0.389 e. The van der Waals surface area contributed by atoms with E-state index in [2.05, 4.69) is 21.8 Å². The van der Waals surface area contributed by atoms with Crippen LogP contribution in [-0.4, -0.2) is 45.2 Å². The van der Waals surface area contributed by atoms with Crippen LogP contribution in [0.4, 0.5) is 0 Å². The van der Waals surface area contributed by atoms with Crippen LogP contribution in [0.5, 0.6) is 0 Å². The summed E-state index contributed by atoms with van der Waals surface area (Å²) >= 11 is 11.8. The van der Waals surface area contributed by atoms with Gasteiger partial charge in [-0.05, 0) is 45.3 Å². The fourth-order valence-corrected chi connectivity index (χ4v) is 2.54. The summed E-state index contributed by atoms with van der Waals surface area (Å²) in [4.78, 5) is 10.3. The number of hydrogen-bond acceptors (Lipinski definition) is 4. The van der Waals surface area contributed by atoms with Crippen LogP contribution in [0.3, 0.4) is 0 Å². The lowest BCUT2D eigenvalue weighted by atomic mass is 10.1. The number of aliphatic hydroxyl groups is 1. The van der Waals surface area contributed by atoms with Gasteiger partial charge in [0.05, 0.1) is 5.60 Å². The summed E-state index contributed by atoms with van der Waals surface area (Å²) in [6.07, 6.45) is 0.742. The van der Waals surface area contributed by atoms with Gasteiger partial charge in [0, 0.05) is 24.3 Å². The molecule has 0 fully saturated rings. The Morgan fingerprint density at radius 3 is 2.37 bits per heavy atom. The minimum atomic E-state index is -0.703. The summed E-state index contributed by atoms with van der Waals surface area (Å²) in [6, 6.07) is 0. The predicted molar refractivity (Wildman–Crippen MR) is 78.9 cm³/mol. The van der Waals surface area contributed by atoms with E-state index in [0.717, 1.165) is 30.8 Å². The fourth-order valence-electron chi connectivity index (χ4n) is 1.98. The zero-order valence-electron chi connectivity index (χ0n) is 11.9. The Morgan fingerprint density at radius 1 is 1.26 bits per heavy atom. The Hall–Kier alpha value is -0.420. The van der Waals surface area contributed by atoms with Gasteiger partial charge in [-0.3, -0.25) is 0 Å². The third kappa shape index (κ3) is 5.61. The number of aryl methyl sites for hydroxylation is 1. The molecule has 1 aromatic heterocycles. The van der Waals surface area contributed by atoms with Crippen LogP contribution < -0.4 is 0 Å². The highest BCUT2D eigenvalue weighted by Gasteiger charge is 2.18. The van der Waals surface area contributed by atoms with Gasteiger partial charge >= 0.3 is 0 Å². The molecule has 1 rings (SSSR count). The molecule has 0 spiro atoms. The molecule has 0 atom stereocenters. The van der Waals surface area contributed by atoms with E-state index in [-0.39, 0.29) is 5.28 Å². The van der Waals surface area contributed by atoms with Gasteiger partial charge in [-0.2, -0.15) is 0 Å². The number of rotatable bonds is 6. The molecule has 6 heteroatoms. The number of nitrogens with zero attached hydrogens (tertiary/aromatic N) is 3. The smallest absolute Gasteiger partial charge is 0.224 e. The molecule has 1 heterocycles. The van der Waals surface area contributed by atoms with E-state index in [1.165, 1.54) is 0 Å². The van der Waals surface area contributed by atoms with Crippen LogP contribution in [0.15, 0.2) is 0 Å². The van der Waals surface area contributed by atoms with Crippen molar-refractivity contribution in [3.05, 3.63) is 21.7 Å².